The molecule has 0 unspecified atom stereocenters. The minimum atomic E-state index is -0.465. The SMILES string of the molecule is COc1ccc(/C=C/C(=O)c2ccc3c(c2)OCO3)cc1COc1ccc([N+](=O)[O-])cc1. The second kappa shape index (κ2) is 9.22. The van der Waals surface area contributed by atoms with Gasteiger partial charge in [-0.15, -0.1) is 0 Å². The van der Waals surface area contributed by atoms with Crippen LogP contribution in [0.1, 0.15) is 21.5 Å². The van der Waals surface area contributed by atoms with Gasteiger partial charge in [-0.2, -0.15) is 0 Å². The fourth-order valence-electron chi connectivity index (χ4n) is 3.16. The van der Waals surface area contributed by atoms with Gasteiger partial charge in [-0.1, -0.05) is 12.1 Å². The lowest BCUT2D eigenvalue weighted by Gasteiger charge is -2.11. The highest BCUT2D eigenvalue weighted by Gasteiger charge is 2.15. The van der Waals surface area contributed by atoms with Gasteiger partial charge in [-0.3, -0.25) is 14.9 Å². The summed E-state index contributed by atoms with van der Waals surface area (Å²) in [4.78, 5) is 22.8. The van der Waals surface area contributed by atoms with Crippen LogP contribution in [0.3, 0.4) is 0 Å². The summed E-state index contributed by atoms with van der Waals surface area (Å²) in [6, 6.07) is 16.4. The van der Waals surface area contributed by atoms with Crippen LogP contribution in [0.25, 0.3) is 6.08 Å². The van der Waals surface area contributed by atoms with E-state index in [4.69, 9.17) is 18.9 Å². The van der Waals surface area contributed by atoms with Crippen molar-refractivity contribution in [3.8, 4) is 23.0 Å². The Morgan fingerprint density at radius 1 is 1.06 bits per heavy atom. The Kier molecular flexibility index (Phi) is 6.03. The molecule has 0 saturated carbocycles. The molecular weight excluding hydrogens is 414 g/mol. The number of non-ortho nitro benzene ring substituents is 1. The summed E-state index contributed by atoms with van der Waals surface area (Å²) in [6.07, 6.45) is 3.20. The molecule has 0 N–H and O–H groups in total. The first-order valence-electron chi connectivity index (χ1n) is 9.70. The standard InChI is InChI=1S/C24H19NO7/c1-29-22-10-3-16(2-9-21(26)17-4-11-23-24(13-17)32-15-31-23)12-18(22)14-30-20-7-5-19(6-8-20)25(27)28/h2-13H,14-15H2,1H3/b9-2+. The van der Waals surface area contributed by atoms with Gasteiger partial charge in [0.15, 0.2) is 17.3 Å². The Morgan fingerprint density at radius 3 is 2.59 bits per heavy atom. The molecule has 162 valence electrons. The summed E-state index contributed by atoms with van der Waals surface area (Å²) in [6.45, 7) is 0.345. The van der Waals surface area contributed by atoms with E-state index in [9.17, 15) is 14.9 Å². The number of nitrogens with zero attached hydrogens (tertiary/aromatic N) is 1. The molecule has 0 fully saturated rings. The number of nitro groups is 1. The highest BCUT2D eigenvalue weighted by atomic mass is 16.7. The summed E-state index contributed by atoms with van der Waals surface area (Å²) < 4.78 is 21.7. The van der Waals surface area contributed by atoms with Crippen molar-refractivity contribution in [2.75, 3.05) is 13.9 Å². The van der Waals surface area contributed by atoms with Gasteiger partial charge in [-0.25, -0.2) is 0 Å². The number of rotatable bonds is 8. The number of allylic oxidation sites excluding steroid dienone is 1. The van der Waals surface area contributed by atoms with Crippen LogP contribution >= 0.6 is 0 Å². The minimum Gasteiger partial charge on any atom is -0.496 e. The largest absolute Gasteiger partial charge is 0.496 e. The number of nitro benzene ring substituents is 1. The Balaban J connectivity index is 1.46. The lowest BCUT2D eigenvalue weighted by Crippen LogP contribution is -2.00. The van der Waals surface area contributed by atoms with Crippen LogP contribution in [0.2, 0.25) is 0 Å². The molecule has 0 bridgehead atoms. The molecule has 0 atom stereocenters. The smallest absolute Gasteiger partial charge is 0.269 e. The molecule has 8 heteroatoms. The Hall–Kier alpha value is -4.33. The molecule has 1 aliphatic rings. The molecule has 0 aromatic heterocycles. The molecule has 3 aromatic rings. The lowest BCUT2D eigenvalue weighted by atomic mass is 10.1. The van der Waals surface area contributed by atoms with Crippen molar-refractivity contribution < 1.29 is 28.7 Å². The van der Waals surface area contributed by atoms with E-state index in [1.807, 2.05) is 12.1 Å². The third kappa shape index (κ3) is 4.70. The third-order valence-electron chi connectivity index (χ3n) is 4.83. The van der Waals surface area contributed by atoms with Crippen LogP contribution in [0.5, 0.6) is 23.0 Å². The lowest BCUT2D eigenvalue weighted by molar-refractivity contribution is -0.384. The highest BCUT2D eigenvalue weighted by molar-refractivity contribution is 6.07. The molecule has 1 aliphatic heterocycles. The fourth-order valence-corrected chi connectivity index (χ4v) is 3.16. The molecule has 0 spiro atoms. The monoisotopic (exact) mass is 433 g/mol. The van der Waals surface area contributed by atoms with E-state index in [0.717, 1.165) is 11.1 Å². The number of hydrogen-bond acceptors (Lipinski definition) is 7. The number of benzene rings is 3. The van der Waals surface area contributed by atoms with Gasteiger partial charge in [0.1, 0.15) is 18.1 Å². The van der Waals surface area contributed by atoms with Crippen molar-refractivity contribution in [3.05, 3.63) is 93.5 Å². The maximum absolute atomic E-state index is 12.5. The normalized spacial score (nSPS) is 12.0. The van der Waals surface area contributed by atoms with Crippen molar-refractivity contribution in [1.82, 2.24) is 0 Å². The highest BCUT2D eigenvalue weighted by Crippen LogP contribution is 2.32. The zero-order valence-electron chi connectivity index (χ0n) is 17.1. The number of ether oxygens (including phenoxy) is 4. The van der Waals surface area contributed by atoms with Gasteiger partial charge in [-0.05, 0) is 54.1 Å². The molecule has 0 aliphatic carbocycles. The van der Waals surface area contributed by atoms with Crippen LogP contribution in [-0.2, 0) is 6.61 Å². The number of carbonyl (C=O) groups excluding carboxylic acids is 1. The molecule has 3 aromatic carbocycles. The summed E-state index contributed by atoms with van der Waals surface area (Å²) in [5, 5.41) is 10.8. The van der Waals surface area contributed by atoms with E-state index in [0.29, 0.717) is 28.6 Å². The molecule has 0 radical (unpaired) electrons. The Bertz CT molecular complexity index is 1190. The van der Waals surface area contributed by atoms with Crippen LogP contribution in [0.15, 0.2) is 66.7 Å². The van der Waals surface area contributed by atoms with Crippen molar-refractivity contribution in [3.63, 3.8) is 0 Å². The number of hydrogen-bond donors (Lipinski definition) is 0. The predicted octanol–water partition coefficient (Wildman–Crippen LogP) is 4.81. The van der Waals surface area contributed by atoms with Gasteiger partial charge in [0.2, 0.25) is 6.79 Å². The average Bonchev–Trinajstić information content (AvgIpc) is 3.29. The molecule has 0 saturated heterocycles. The van der Waals surface area contributed by atoms with E-state index >= 15 is 0 Å². The summed E-state index contributed by atoms with van der Waals surface area (Å²) in [5.41, 5.74) is 2.06. The van der Waals surface area contributed by atoms with Gasteiger partial charge in [0.05, 0.1) is 12.0 Å². The van der Waals surface area contributed by atoms with Gasteiger partial charge >= 0.3 is 0 Å². The summed E-state index contributed by atoms with van der Waals surface area (Å²) >= 11 is 0. The van der Waals surface area contributed by atoms with Crippen molar-refractivity contribution in [2.45, 2.75) is 6.61 Å². The second-order valence-electron chi connectivity index (χ2n) is 6.88. The maximum atomic E-state index is 12.5. The van der Waals surface area contributed by atoms with Crippen LogP contribution in [0, 0.1) is 10.1 Å². The molecule has 8 nitrogen and oxygen atoms in total. The molecule has 1 heterocycles. The first kappa shape index (κ1) is 20.9. The van der Waals surface area contributed by atoms with Crippen LogP contribution in [0.4, 0.5) is 5.69 Å². The topological polar surface area (TPSA) is 97.1 Å². The first-order valence-corrected chi connectivity index (χ1v) is 9.70. The zero-order chi connectivity index (χ0) is 22.5. The quantitative estimate of drug-likeness (QED) is 0.218. The van der Waals surface area contributed by atoms with E-state index in [1.54, 1.807) is 49.6 Å². The van der Waals surface area contributed by atoms with Crippen molar-refractivity contribution in [1.29, 1.82) is 0 Å². The molecule has 32 heavy (non-hydrogen) atoms. The fraction of sp³-hybridized carbons (Fsp3) is 0.125. The molecular formula is C24H19NO7. The number of carbonyl (C=O) groups is 1. The van der Waals surface area contributed by atoms with Crippen LogP contribution in [-0.4, -0.2) is 24.6 Å². The first-order chi connectivity index (χ1) is 15.5. The van der Waals surface area contributed by atoms with E-state index < -0.39 is 4.92 Å². The van der Waals surface area contributed by atoms with E-state index in [-0.39, 0.29) is 24.9 Å². The van der Waals surface area contributed by atoms with Gasteiger partial charge in [0.25, 0.3) is 5.69 Å². The predicted molar refractivity (Wildman–Crippen MR) is 116 cm³/mol. The van der Waals surface area contributed by atoms with E-state index in [1.165, 1.54) is 18.2 Å². The summed E-state index contributed by atoms with van der Waals surface area (Å²) in [7, 11) is 1.56. The van der Waals surface area contributed by atoms with Crippen LogP contribution < -0.4 is 18.9 Å². The molecule has 4 rings (SSSR count). The molecule has 0 amide bonds. The average molecular weight is 433 g/mol. The minimum absolute atomic E-state index is 0.00538. The van der Waals surface area contributed by atoms with Crippen molar-refractivity contribution in [2.24, 2.45) is 0 Å². The summed E-state index contributed by atoms with van der Waals surface area (Å²) in [5.74, 6) is 2.14. The zero-order valence-corrected chi connectivity index (χ0v) is 17.1. The third-order valence-corrected chi connectivity index (χ3v) is 4.83. The van der Waals surface area contributed by atoms with Gasteiger partial charge in [0, 0.05) is 23.3 Å². The Labute approximate surface area is 183 Å². The number of ketones is 1. The Morgan fingerprint density at radius 2 is 1.84 bits per heavy atom. The second-order valence-corrected chi connectivity index (χ2v) is 6.88. The number of fused-ring (bicyclic) bond motifs is 1. The maximum Gasteiger partial charge on any atom is 0.269 e. The van der Waals surface area contributed by atoms with Gasteiger partial charge < -0.3 is 18.9 Å². The van der Waals surface area contributed by atoms with Crippen molar-refractivity contribution >= 4 is 17.5 Å². The van der Waals surface area contributed by atoms with E-state index in [2.05, 4.69) is 0 Å². The number of methoxy groups -OCH3 is 1.